The molecule has 1 saturated heterocycles. The highest BCUT2D eigenvalue weighted by Crippen LogP contribution is 2.19. The molecule has 0 atom stereocenters. The molecule has 0 bridgehead atoms. The molecular formula is C24H30N2O4. The van der Waals surface area contributed by atoms with Gasteiger partial charge in [0, 0.05) is 49.8 Å². The lowest BCUT2D eigenvalue weighted by Crippen LogP contribution is -2.35. The van der Waals surface area contributed by atoms with Gasteiger partial charge in [-0.3, -0.25) is 19.5 Å². The number of rotatable bonds is 11. The molecule has 2 heterocycles. The summed E-state index contributed by atoms with van der Waals surface area (Å²) in [6, 6.07) is 12.2. The molecule has 2 aromatic rings. The number of benzene rings is 1. The van der Waals surface area contributed by atoms with Gasteiger partial charge in [-0.05, 0) is 30.5 Å². The number of pyridine rings is 1. The summed E-state index contributed by atoms with van der Waals surface area (Å²) in [4.78, 5) is 29.7. The lowest BCUT2D eigenvalue weighted by Gasteiger charge is -2.26. The summed E-state index contributed by atoms with van der Waals surface area (Å²) in [5.74, 6) is -0.669. The van der Waals surface area contributed by atoms with Crippen LogP contribution in [0.4, 0.5) is 0 Å². The first kappa shape index (κ1) is 22.1. The Bertz CT molecular complexity index is 812. The highest BCUT2D eigenvalue weighted by atomic mass is 16.5. The molecule has 0 amide bonds. The molecule has 160 valence electrons. The van der Waals surface area contributed by atoms with Crippen LogP contribution in [0, 0.1) is 0 Å². The zero-order chi connectivity index (χ0) is 21.2. The van der Waals surface area contributed by atoms with Gasteiger partial charge in [0.1, 0.15) is 0 Å². The first-order valence-corrected chi connectivity index (χ1v) is 10.7. The van der Waals surface area contributed by atoms with Crippen LogP contribution in [0.5, 0.6) is 0 Å². The van der Waals surface area contributed by atoms with E-state index >= 15 is 0 Å². The van der Waals surface area contributed by atoms with Gasteiger partial charge >= 0.3 is 5.97 Å². The van der Waals surface area contributed by atoms with Gasteiger partial charge in [-0.15, -0.1) is 0 Å². The Hall–Kier alpha value is -2.57. The van der Waals surface area contributed by atoms with Crippen molar-refractivity contribution in [3.8, 4) is 11.3 Å². The fourth-order valence-corrected chi connectivity index (χ4v) is 3.59. The van der Waals surface area contributed by atoms with E-state index in [9.17, 15) is 9.59 Å². The number of morpholine rings is 1. The minimum atomic E-state index is -0.760. The normalized spacial score (nSPS) is 14.5. The number of nitrogens with zero attached hydrogens (tertiary/aromatic N) is 2. The largest absolute Gasteiger partial charge is 0.481 e. The fourth-order valence-electron chi connectivity index (χ4n) is 3.59. The van der Waals surface area contributed by atoms with Crippen LogP contribution in [0.2, 0.25) is 0 Å². The van der Waals surface area contributed by atoms with Crippen molar-refractivity contribution in [2.45, 2.75) is 45.1 Å². The topological polar surface area (TPSA) is 79.7 Å². The van der Waals surface area contributed by atoms with Crippen LogP contribution >= 0.6 is 0 Å². The Labute approximate surface area is 177 Å². The molecule has 0 spiro atoms. The molecule has 1 aliphatic heterocycles. The summed E-state index contributed by atoms with van der Waals surface area (Å²) in [5.41, 5.74) is 3.81. The Morgan fingerprint density at radius 2 is 1.63 bits per heavy atom. The van der Waals surface area contributed by atoms with Crippen molar-refractivity contribution in [2.75, 3.05) is 26.3 Å². The van der Waals surface area contributed by atoms with Gasteiger partial charge in [-0.1, -0.05) is 37.1 Å². The number of carboxylic acid groups (broad SMARTS) is 1. The van der Waals surface area contributed by atoms with E-state index in [1.807, 2.05) is 12.1 Å². The first-order valence-electron chi connectivity index (χ1n) is 10.7. The summed E-state index contributed by atoms with van der Waals surface area (Å²) in [6.07, 6.45) is 5.51. The third-order valence-corrected chi connectivity index (χ3v) is 5.39. The van der Waals surface area contributed by atoms with Crippen LogP contribution in [-0.4, -0.2) is 53.0 Å². The molecule has 1 fully saturated rings. The van der Waals surface area contributed by atoms with Crippen molar-refractivity contribution in [1.82, 2.24) is 9.88 Å². The fraction of sp³-hybridized carbons (Fsp3) is 0.458. The molecule has 0 unspecified atom stereocenters. The third-order valence-electron chi connectivity index (χ3n) is 5.39. The first-order chi connectivity index (χ1) is 14.6. The zero-order valence-corrected chi connectivity index (χ0v) is 17.4. The number of Topliss-reactive ketones (excluding diaryl/α,β-unsaturated/α-hetero) is 1. The molecule has 30 heavy (non-hydrogen) atoms. The molecular weight excluding hydrogens is 380 g/mol. The van der Waals surface area contributed by atoms with E-state index in [0.29, 0.717) is 18.4 Å². The molecule has 0 radical (unpaired) electrons. The Morgan fingerprint density at radius 3 is 2.27 bits per heavy atom. The standard InChI is InChI=1S/C24H30N2O4/c27-23(5-3-1-2-4-6-24(28)29)21-11-12-22(25-17-21)20-9-7-19(8-10-20)18-26-13-15-30-16-14-26/h7-12,17H,1-6,13-16,18H2,(H,28,29). The maximum absolute atomic E-state index is 12.3. The average Bonchev–Trinajstić information content (AvgIpc) is 2.77. The molecule has 0 aliphatic carbocycles. The van der Waals surface area contributed by atoms with Crippen molar-refractivity contribution in [1.29, 1.82) is 0 Å². The van der Waals surface area contributed by atoms with Gasteiger partial charge < -0.3 is 9.84 Å². The van der Waals surface area contributed by atoms with Gasteiger partial charge in [0.15, 0.2) is 5.78 Å². The minimum Gasteiger partial charge on any atom is -0.481 e. The van der Waals surface area contributed by atoms with Gasteiger partial charge in [-0.2, -0.15) is 0 Å². The highest BCUT2D eigenvalue weighted by molar-refractivity contribution is 5.95. The van der Waals surface area contributed by atoms with Crippen LogP contribution < -0.4 is 0 Å². The maximum atomic E-state index is 12.3. The van der Waals surface area contributed by atoms with Crippen molar-refractivity contribution in [3.63, 3.8) is 0 Å². The predicted octanol–water partition coefficient (Wildman–Crippen LogP) is 4.19. The van der Waals surface area contributed by atoms with Crippen LogP contribution in [0.25, 0.3) is 11.3 Å². The summed E-state index contributed by atoms with van der Waals surface area (Å²) >= 11 is 0. The Morgan fingerprint density at radius 1 is 0.933 bits per heavy atom. The minimum absolute atomic E-state index is 0.0909. The number of carboxylic acids is 1. The molecule has 1 aromatic carbocycles. The number of unbranched alkanes of at least 4 members (excludes halogenated alkanes) is 3. The summed E-state index contributed by atoms with van der Waals surface area (Å²) in [5, 5.41) is 8.62. The highest BCUT2D eigenvalue weighted by Gasteiger charge is 2.11. The Kier molecular flexibility index (Phi) is 8.53. The lowest BCUT2D eigenvalue weighted by molar-refractivity contribution is -0.137. The van der Waals surface area contributed by atoms with Gasteiger partial charge in [0.2, 0.25) is 0 Å². The average molecular weight is 411 g/mol. The third kappa shape index (κ3) is 7.04. The van der Waals surface area contributed by atoms with Gasteiger partial charge in [0.05, 0.1) is 18.9 Å². The van der Waals surface area contributed by atoms with Crippen molar-refractivity contribution < 1.29 is 19.4 Å². The van der Waals surface area contributed by atoms with E-state index < -0.39 is 5.97 Å². The lowest BCUT2D eigenvalue weighted by atomic mass is 10.0. The Balaban J connectivity index is 1.46. The van der Waals surface area contributed by atoms with E-state index in [4.69, 9.17) is 9.84 Å². The van der Waals surface area contributed by atoms with Crippen molar-refractivity contribution in [2.24, 2.45) is 0 Å². The predicted molar refractivity (Wildman–Crippen MR) is 115 cm³/mol. The number of carbonyl (C=O) groups is 2. The molecule has 6 nitrogen and oxygen atoms in total. The SMILES string of the molecule is O=C(O)CCCCCCC(=O)c1ccc(-c2ccc(CN3CCOCC3)cc2)nc1. The summed E-state index contributed by atoms with van der Waals surface area (Å²) in [6.45, 7) is 4.48. The molecule has 1 aliphatic rings. The van der Waals surface area contributed by atoms with Gasteiger partial charge in [0.25, 0.3) is 0 Å². The van der Waals surface area contributed by atoms with E-state index in [1.54, 1.807) is 6.20 Å². The number of ketones is 1. The summed E-state index contributed by atoms with van der Waals surface area (Å²) in [7, 11) is 0. The van der Waals surface area contributed by atoms with E-state index in [-0.39, 0.29) is 12.2 Å². The number of hydrogen-bond donors (Lipinski definition) is 1. The van der Waals surface area contributed by atoms with Crippen LogP contribution in [0.3, 0.4) is 0 Å². The van der Waals surface area contributed by atoms with E-state index in [1.165, 1.54) is 5.56 Å². The van der Waals surface area contributed by atoms with E-state index in [0.717, 1.165) is 63.4 Å². The quantitative estimate of drug-likeness (QED) is 0.442. The van der Waals surface area contributed by atoms with E-state index in [2.05, 4.69) is 34.1 Å². The number of ether oxygens (including phenoxy) is 1. The second-order valence-electron chi connectivity index (χ2n) is 7.75. The monoisotopic (exact) mass is 410 g/mol. The second-order valence-corrected chi connectivity index (χ2v) is 7.75. The number of carbonyl (C=O) groups excluding carboxylic acids is 1. The zero-order valence-electron chi connectivity index (χ0n) is 17.4. The molecule has 1 aromatic heterocycles. The molecule has 6 heteroatoms. The smallest absolute Gasteiger partial charge is 0.303 e. The van der Waals surface area contributed by atoms with Crippen LogP contribution in [-0.2, 0) is 16.1 Å². The molecule has 0 saturated carbocycles. The van der Waals surface area contributed by atoms with Crippen molar-refractivity contribution in [3.05, 3.63) is 53.7 Å². The second kappa shape index (κ2) is 11.6. The number of aromatic nitrogens is 1. The molecule has 3 rings (SSSR count). The molecule has 1 N–H and O–H groups in total. The van der Waals surface area contributed by atoms with Crippen molar-refractivity contribution >= 4 is 11.8 Å². The number of hydrogen-bond acceptors (Lipinski definition) is 5. The van der Waals surface area contributed by atoms with Crippen LogP contribution in [0.1, 0.15) is 54.4 Å². The maximum Gasteiger partial charge on any atom is 0.303 e. The number of aliphatic carboxylic acids is 1. The van der Waals surface area contributed by atoms with Crippen LogP contribution in [0.15, 0.2) is 42.6 Å². The summed E-state index contributed by atoms with van der Waals surface area (Å²) < 4.78 is 5.39. The van der Waals surface area contributed by atoms with Gasteiger partial charge in [-0.25, -0.2) is 0 Å².